The number of nitrogens with zero attached hydrogens (tertiary/aromatic N) is 3. The second kappa shape index (κ2) is 5.16. The summed E-state index contributed by atoms with van der Waals surface area (Å²) in [5.41, 5.74) is 2.47. The molecule has 0 radical (unpaired) electrons. The first kappa shape index (κ1) is 11.2. The Bertz CT molecular complexity index is 539. The van der Waals surface area contributed by atoms with Crippen molar-refractivity contribution in [2.24, 2.45) is 0 Å². The second-order valence-electron chi connectivity index (χ2n) is 4.69. The molecule has 0 unspecified atom stereocenters. The highest BCUT2D eigenvalue weighted by molar-refractivity contribution is 5.78. The minimum absolute atomic E-state index is 0.620. The van der Waals surface area contributed by atoms with Gasteiger partial charge in [0.15, 0.2) is 5.65 Å². The maximum Gasteiger partial charge on any atom is 0.181 e. The predicted octanol–water partition coefficient (Wildman–Crippen LogP) is 2.25. The van der Waals surface area contributed by atoms with E-state index >= 15 is 0 Å². The van der Waals surface area contributed by atoms with Gasteiger partial charge < -0.3 is 10.3 Å². The summed E-state index contributed by atoms with van der Waals surface area (Å²) in [6.07, 6.45) is 13.8. The van der Waals surface area contributed by atoms with Crippen molar-refractivity contribution in [2.75, 3.05) is 0 Å². The van der Waals surface area contributed by atoms with Crippen LogP contribution in [0.15, 0.2) is 18.9 Å². The maximum absolute atomic E-state index is 4.25. The molecule has 2 aromatic heterocycles. The number of H-pyrrole nitrogens is 1. The summed E-state index contributed by atoms with van der Waals surface area (Å²) in [4.78, 5) is 15.5. The van der Waals surface area contributed by atoms with E-state index < -0.39 is 0 Å². The second-order valence-corrected chi connectivity index (χ2v) is 4.69. The topological polar surface area (TPSA) is 66.5 Å². The Morgan fingerprint density at radius 1 is 1.17 bits per heavy atom. The number of hydrogen-bond donors (Lipinski definition) is 2. The standard InChI is InChI=1S/C13H17N5/c1-2-4-10(5-3-1)14-7-6-11-12-13(17-8-15-11)18-9-16-12/h6-10,14H,1-5H2,(H,15,16,17,18). The molecule has 1 aliphatic rings. The zero-order valence-corrected chi connectivity index (χ0v) is 10.3. The van der Waals surface area contributed by atoms with Crippen LogP contribution >= 0.6 is 0 Å². The lowest BCUT2D eigenvalue weighted by Crippen LogP contribution is -2.26. The van der Waals surface area contributed by atoms with Gasteiger partial charge in [-0.3, -0.25) is 0 Å². The first-order chi connectivity index (χ1) is 8.93. The molecule has 2 heterocycles. The Hall–Kier alpha value is -1.91. The third-order valence-corrected chi connectivity index (χ3v) is 3.43. The molecule has 5 nitrogen and oxygen atoms in total. The molecule has 2 aromatic rings. The molecule has 94 valence electrons. The largest absolute Gasteiger partial charge is 0.388 e. The van der Waals surface area contributed by atoms with Crippen LogP contribution in [-0.2, 0) is 0 Å². The van der Waals surface area contributed by atoms with Gasteiger partial charge in [-0.2, -0.15) is 0 Å². The fourth-order valence-electron chi connectivity index (χ4n) is 2.44. The number of aromatic amines is 1. The van der Waals surface area contributed by atoms with E-state index in [4.69, 9.17) is 0 Å². The fourth-order valence-corrected chi connectivity index (χ4v) is 2.44. The monoisotopic (exact) mass is 243 g/mol. The molecule has 5 heteroatoms. The summed E-state index contributed by atoms with van der Waals surface area (Å²) in [7, 11) is 0. The van der Waals surface area contributed by atoms with E-state index in [0.717, 1.165) is 11.2 Å². The first-order valence-electron chi connectivity index (χ1n) is 6.50. The van der Waals surface area contributed by atoms with Crippen LogP contribution in [0.25, 0.3) is 17.2 Å². The lowest BCUT2D eigenvalue weighted by molar-refractivity contribution is 0.405. The van der Waals surface area contributed by atoms with E-state index in [1.807, 2.05) is 12.3 Å². The van der Waals surface area contributed by atoms with Crippen LogP contribution in [0.5, 0.6) is 0 Å². The summed E-state index contributed by atoms with van der Waals surface area (Å²) < 4.78 is 0. The number of hydrogen-bond acceptors (Lipinski definition) is 4. The molecular formula is C13H17N5. The lowest BCUT2D eigenvalue weighted by atomic mass is 9.96. The van der Waals surface area contributed by atoms with E-state index in [9.17, 15) is 0 Å². The molecule has 18 heavy (non-hydrogen) atoms. The van der Waals surface area contributed by atoms with Crippen LogP contribution in [0.4, 0.5) is 0 Å². The van der Waals surface area contributed by atoms with Gasteiger partial charge in [0, 0.05) is 6.04 Å². The van der Waals surface area contributed by atoms with Gasteiger partial charge in [0.1, 0.15) is 11.8 Å². The highest BCUT2D eigenvalue weighted by Crippen LogP contribution is 2.17. The molecule has 3 rings (SSSR count). The molecule has 0 spiro atoms. The van der Waals surface area contributed by atoms with E-state index in [1.165, 1.54) is 32.1 Å². The Balaban J connectivity index is 1.69. The molecule has 0 saturated heterocycles. The van der Waals surface area contributed by atoms with Crippen LogP contribution in [0.1, 0.15) is 37.8 Å². The smallest absolute Gasteiger partial charge is 0.181 e. The van der Waals surface area contributed by atoms with Crippen molar-refractivity contribution in [1.82, 2.24) is 25.3 Å². The Labute approximate surface area is 106 Å². The zero-order valence-electron chi connectivity index (χ0n) is 10.3. The molecule has 1 saturated carbocycles. The molecular weight excluding hydrogens is 226 g/mol. The maximum atomic E-state index is 4.25. The van der Waals surface area contributed by atoms with Crippen molar-refractivity contribution in [1.29, 1.82) is 0 Å². The van der Waals surface area contributed by atoms with E-state index in [1.54, 1.807) is 12.7 Å². The highest BCUT2D eigenvalue weighted by Gasteiger charge is 2.10. The molecule has 1 fully saturated rings. The van der Waals surface area contributed by atoms with Crippen molar-refractivity contribution in [3.8, 4) is 0 Å². The van der Waals surface area contributed by atoms with Crippen molar-refractivity contribution >= 4 is 17.2 Å². The van der Waals surface area contributed by atoms with E-state index in [0.29, 0.717) is 11.7 Å². The molecule has 0 aliphatic heterocycles. The van der Waals surface area contributed by atoms with Crippen molar-refractivity contribution < 1.29 is 0 Å². The van der Waals surface area contributed by atoms with Crippen LogP contribution in [0.2, 0.25) is 0 Å². The van der Waals surface area contributed by atoms with Crippen molar-refractivity contribution in [2.45, 2.75) is 38.1 Å². The average molecular weight is 243 g/mol. The Morgan fingerprint density at radius 2 is 2.06 bits per heavy atom. The Kier molecular flexibility index (Phi) is 3.21. The average Bonchev–Trinajstić information content (AvgIpc) is 2.89. The molecule has 0 atom stereocenters. The summed E-state index contributed by atoms with van der Waals surface area (Å²) in [5.74, 6) is 0. The van der Waals surface area contributed by atoms with Crippen LogP contribution < -0.4 is 5.32 Å². The zero-order chi connectivity index (χ0) is 12.2. The minimum atomic E-state index is 0.620. The molecule has 0 amide bonds. The van der Waals surface area contributed by atoms with Gasteiger partial charge in [-0.1, -0.05) is 19.3 Å². The number of fused-ring (bicyclic) bond motifs is 1. The van der Waals surface area contributed by atoms with Gasteiger partial charge >= 0.3 is 0 Å². The molecule has 2 N–H and O–H groups in total. The SMILES string of the molecule is C(=Cc1ncnc2nc[nH]c12)NC1CCCCC1. The summed E-state index contributed by atoms with van der Waals surface area (Å²) >= 11 is 0. The molecule has 0 bridgehead atoms. The van der Waals surface area contributed by atoms with Gasteiger partial charge in [0.25, 0.3) is 0 Å². The minimum Gasteiger partial charge on any atom is -0.388 e. The third-order valence-electron chi connectivity index (χ3n) is 3.43. The predicted molar refractivity (Wildman–Crippen MR) is 70.7 cm³/mol. The highest BCUT2D eigenvalue weighted by atomic mass is 15.0. The summed E-state index contributed by atoms with van der Waals surface area (Å²) in [6.45, 7) is 0. The van der Waals surface area contributed by atoms with E-state index in [-0.39, 0.29) is 0 Å². The molecule has 0 aromatic carbocycles. The third kappa shape index (κ3) is 2.34. The van der Waals surface area contributed by atoms with Crippen LogP contribution in [0, 0.1) is 0 Å². The van der Waals surface area contributed by atoms with Crippen LogP contribution in [0.3, 0.4) is 0 Å². The van der Waals surface area contributed by atoms with Gasteiger partial charge in [-0.05, 0) is 25.1 Å². The number of imidazole rings is 1. The number of rotatable bonds is 3. The first-order valence-corrected chi connectivity index (χ1v) is 6.50. The fraction of sp³-hybridized carbons (Fsp3) is 0.462. The van der Waals surface area contributed by atoms with Gasteiger partial charge in [0.2, 0.25) is 0 Å². The number of aromatic nitrogens is 4. The van der Waals surface area contributed by atoms with E-state index in [2.05, 4.69) is 25.3 Å². The lowest BCUT2D eigenvalue weighted by Gasteiger charge is -2.21. The number of nitrogens with one attached hydrogen (secondary N) is 2. The van der Waals surface area contributed by atoms with Gasteiger partial charge in [0.05, 0.1) is 12.0 Å². The van der Waals surface area contributed by atoms with Crippen LogP contribution in [-0.4, -0.2) is 26.0 Å². The van der Waals surface area contributed by atoms with Crippen molar-refractivity contribution in [3.63, 3.8) is 0 Å². The molecule has 1 aliphatic carbocycles. The summed E-state index contributed by atoms with van der Waals surface area (Å²) in [6, 6.07) is 0.620. The van der Waals surface area contributed by atoms with Gasteiger partial charge in [-0.15, -0.1) is 0 Å². The van der Waals surface area contributed by atoms with Gasteiger partial charge in [-0.25, -0.2) is 15.0 Å². The Morgan fingerprint density at radius 3 is 2.94 bits per heavy atom. The summed E-state index contributed by atoms with van der Waals surface area (Å²) in [5, 5.41) is 3.45. The normalized spacial score (nSPS) is 17.6. The van der Waals surface area contributed by atoms with Crippen molar-refractivity contribution in [3.05, 3.63) is 24.5 Å². The quantitative estimate of drug-likeness (QED) is 0.867.